The lowest BCUT2D eigenvalue weighted by molar-refractivity contribution is -0.133. The standard InChI is InChI=1S/C12H21BrN2O/c13-6-2-1-3-12(16)15-9-7-14(8-10-15)11-4-5-11/h11H,1-10H2. The SMILES string of the molecule is O=C(CCCCBr)N1CCN(C2CC2)CC1. The Bertz CT molecular complexity index is 235. The quantitative estimate of drug-likeness (QED) is 0.570. The summed E-state index contributed by atoms with van der Waals surface area (Å²) in [4.78, 5) is 16.4. The van der Waals surface area contributed by atoms with Crippen LogP contribution in [-0.4, -0.2) is 53.3 Å². The van der Waals surface area contributed by atoms with Crippen LogP contribution < -0.4 is 0 Å². The third kappa shape index (κ3) is 3.45. The van der Waals surface area contributed by atoms with Gasteiger partial charge in [-0.15, -0.1) is 0 Å². The van der Waals surface area contributed by atoms with Crippen molar-refractivity contribution in [1.29, 1.82) is 0 Å². The number of piperazine rings is 1. The third-order valence-electron chi connectivity index (χ3n) is 3.50. The first-order valence-electron chi connectivity index (χ1n) is 6.39. The van der Waals surface area contributed by atoms with Gasteiger partial charge in [-0.1, -0.05) is 15.9 Å². The number of hydrogen-bond acceptors (Lipinski definition) is 2. The van der Waals surface area contributed by atoms with Crippen molar-refractivity contribution >= 4 is 21.8 Å². The second-order valence-corrected chi connectivity index (χ2v) is 5.59. The fourth-order valence-electron chi connectivity index (χ4n) is 2.30. The molecule has 0 N–H and O–H groups in total. The van der Waals surface area contributed by atoms with E-state index < -0.39 is 0 Å². The Hall–Kier alpha value is -0.0900. The molecule has 0 unspecified atom stereocenters. The Morgan fingerprint density at radius 1 is 1.12 bits per heavy atom. The zero-order chi connectivity index (χ0) is 11.4. The van der Waals surface area contributed by atoms with Crippen molar-refractivity contribution in [3.63, 3.8) is 0 Å². The van der Waals surface area contributed by atoms with E-state index in [-0.39, 0.29) is 0 Å². The number of carbonyl (C=O) groups excluding carboxylic acids is 1. The van der Waals surface area contributed by atoms with Crippen molar-refractivity contribution in [2.24, 2.45) is 0 Å². The van der Waals surface area contributed by atoms with Crippen molar-refractivity contribution in [3.05, 3.63) is 0 Å². The summed E-state index contributed by atoms with van der Waals surface area (Å²) in [5, 5.41) is 1.01. The molecular formula is C12H21BrN2O. The van der Waals surface area contributed by atoms with Crippen LogP contribution in [0.4, 0.5) is 0 Å². The summed E-state index contributed by atoms with van der Waals surface area (Å²) in [7, 11) is 0. The molecule has 1 saturated heterocycles. The van der Waals surface area contributed by atoms with Crippen LogP contribution in [0.5, 0.6) is 0 Å². The van der Waals surface area contributed by atoms with Gasteiger partial charge in [0.05, 0.1) is 0 Å². The van der Waals surface area contributed by atoms with Crippen molar-refractivity contribution in [3.8, 4) is 0 Å². The van der Waals surface area contributed by atoms with E-state index in [2.05, 4.69) is 20.8 Å². The summed E-state index contributed by atoms with van der Waals surface area (Å²) in [5.41, 5.74) is 0. The van der Waals surface area contributed by atoms with E-state index in [0.29, 0.717) is 5.91 Å². The highest BCUT2D eigenvalue weighted by Gasteiger charge is 2.31. The first-order chi connectivity index (χ1) is 7.81. The number of carbonyl (C=O) groups is 1. The molecule has 2 rings (SSSR count). The van der Waals surface area contributed by atoms with Gasteiger partial charge in [0, 0.05) is 44.0 Å². The Morgan fingerprint density at radius 2 is 1.81 bits per heavy atom. The van der Waals surface area contributed by atoms with Gasteiger partial charge in [-0.25, -0.2) is 0 Å². The third-order valence-corrected chi connectivity index (χ3v) is 4.07. The maximum atomic E-state index is 11.9. The van der Waals surface area contributed by atoms with Crippen molar-refractivity contribution in [2.45, 2.75) is 38.1 Å². The maximum Gasteiger partial charge on any atom is 0.222 e. The molecule has 0 atom stereocenters. The van der Waals surface area contributed by atoms with Gasteiger partial charge >= 0.3 is 0 Å². The average Bonchev–Trinajstić information content (AvgIpc) is 3.13. The molecule has 1 amide bonds. The minimum atomic E-state index is 0.358. The highest BCUT2D eigenvalue weighted by Crippen LogP contribution is 2.27. The lowest BCUT2D eigenvalue weighted by Crippen LogP contribution is -2.49. The normalized spacial score (nSPS) is 22.4. The minimum Gasteiger partial charge on any atom is -0.340 e. The second kappa shape index (κ2) is 6.01. The van der Waals surface area contributed by atoms with Crippen LogP contribution in [0.1, 0.15) is 32.1 Å². The van der Waals surface area contributed by atoms with Crippen LogP contribution in [0, 0.1) is 0 Å². The zero-order valence-corrected chi connectivity index (χ0v) is 11.4. The molecule has 0 aromatic heterocycles. The minimum absolute atomic E-state index is 0.358. The molecule has 2 fully saturated rings. The number of unbranched alkanes of at least 4 members (excludes halogenated alkanes) is 1. The lowest BCUT2D eigenvalue weighted by Gasteiger charge is -2.34. The molecule has 1 heterocycles. The number of amides is 1. The number of hydrogen-bond donors (Lipinski definition) is 0. The largest absolute Gasteiger partial charge is 0.340 e. The van der Waals surface area contributed by atoms with E-state index in [1.165, 1.54) is 12.8 Å². The molecule has 1 aliphatic heterocycles. The van der Waals surface area contributed by atoms with Crippen LogP contribution in [0.2, 0.25) is 0 Å². The van der Waals surface area contributed by atoms with Crippen molar-refractivity contribution in [1.82, 2.24) is 9.80 Å². The molecule has 16 heavy (non-hydrogen) atoms. The zero-order valence-electron chi connectivity index (χ0n) is 9.83. The number of alkyl halides is 1. The molecule has 1 aliphatic carbocycles. The first-order valence-corrected chi connectivity index (χ1v) is 7.51. The molecule has 4 heteroatoms. The highest BCUT2D eigenvalue weighted by atomic mass is 79.9. The summed E-state index contributed by atoms with van der Waals surface area (Å²) < 4.78 is 0. The number of halogens is 1. The van der Waals surface area contributed by atoms with Crippen LogP contribution in [0.15, 0.2) is 0 Å². The predicted molar refractivity (Wildman–Crippen MR) is 68.8 cm³/mol. The smallest absolute Gasteiger partial charge is 0.222 e. The second-order valence-electron chi connectivity index (χ2n) is 4.79. The molecule has 92 valence electrons. The predicted octanol–water partition coefficient (Wildman–Crippen LogP) is 1.86. The molecule has 0 aromatic rings. The molecule has 0 spiro atoms. The van der Waals surface area contributed by atoms with Gasteiger partial charge in [0.25, 0.3) is 0 Å². The van der Waals surface area contributed by atoms with Crippen LogP contribution >= 0.6 is 15.9 Å². The van der Waals surface area contributed by atoms with E-state index in [4.69, 9.17) is 0 Å². The molecule has 0 radical (unpaired) electrons. The number of nitrogens with zero attached hydrogens (tertiary/aromatic N) is 2. The Kier molecular flexibility index (Phi) is 4.65. The van der Waals surface area contributed by atoms with Gasteiger partial charge in [-0.2, -0.15) is 0 Å². The Balaban J connectivity index is 1.64. The average molecular weight is 289 g/mol. The van der Waals surface area contributed by atoms with Gasteiger partial charge < -0.3 is 4.90 Å². The molecule has 2 aliphatic rings. The Labute approximate surface area is 106 Å². The van der Waals surface area contributed by atoms with Crippen molar-refractivity contribution < 1.29 is 4.79 Å². The molecule has 3 nitrogen and oxygen atoms in total. The summed E-state index contributed by atoms with van der Waals surface area (Å²) in [6.07, 6.45) is 5.61. The fraction of sp³-hybridized carbons (Fsp3) is 0.917. The van der Waals surface area contributed by atoms with Crippen molar-refractivity contribution in [2.75, 3.05) is 31.5 Å². The number of rotatable bonds is 5. The van der Waals surface area contributed by atoms with E-state index in [1.54, 1.807) is 0 Å². The van der Waals surface area contributed by atoms with Crippen LogP contribution in [0.25, 0.3) is 0 Å². The van der Waals surface area contributed by atoms with Crippen LogP contribution in [0.3, 0.4) is 0 Å². The van der Waals surface area contributed by atoms with Crippen LogP contribution in [-0.2, 0) is 4.79 Å². The molecule has 1 saturated carbocycles. The monoisotopic (exact) mass is 288 g/mol. The van der Waals surface area contributed by atoms with E-state index in [9.17, 15) is 4.79 Å². The summed E-state index contributed by atoms with van der Waals surface area (Å²) in [6, 6.07) is 0.852. The lowest BCUT2D eigenvalue weighted by atomic mass is 10.2. The van der Waals surface area contributed by atoms with E-state index in [1.807, 2.05) is 4.90 Å². The van der Waals surface area contributed by atoms with Gasteiger partial charge in [-0.05, 0) is 25.7 Å². The van der Waals surface area contributed by atoms with Gasteiger partial charge in [0.2, 0.25) is 5.91 Å². The highest BCUT2D eigenvalue weighted by molar-refractivity contribution is 9.09. The fourth-order valence-corrected chi connectivity index (χ4v) is 2.70. The van der Waals surface area contributed by atoms with Gasteiger partial charge in [0.1, 0.15) is 0 Å². The maximum absolute atomic E-state index is 11.9. The Morgan fingerprint density at radius 3 is 2.38 bits per heavy atom. The summed E-state index contributed by atoms with van der Waals surface area (Å²) in [6.45, 7) is 4.08. The van der Waals surface area contributed by atoms with E-state index in [0.717, 1.165) is 56.8 Å². The topological polar surface area (TPSA) is 23.6 Å². The summed E-state index contributed by atoms with van der Waals surface area (Å²) in [5.74, 6) is 0.358. The molecule has 0 aromatic carbocycles. The van der Waals surface area contributed by atoms with Gasteiger partial charge in [0.15, 0.2) is 0 Å². The summed E-state index contributed by atoms with van der Waals surface area (Å²) >= 11 is 3.39. The van der Waals surface area contributed by atoms with E-state index >= 15 is 0 Å². The van der Waals surface area contributed by atoms with Gasteiger partial charge in [-0.3, -0.25) is 9.69 Å². The molecular weight excluding hydrogens is 268 g/mol. The molecule has 0 bridgehead atoms. The first kappa shape index (κ1) is 12.4.